The van der Waals surface area contributed by atoms with Crippen molar-refractivity contribution < 1.29 is 5.11 Å². The third kappa shape index (κ3) is 2.93. The highest BCUT2D eigenvalue weighted by molar-refractivity contribution is 6.39. The van der Waals surface area contributed by atoms with E-state index in [1.54, 1.807) is 4.57 Å². The highest BCUT2D eigenvalue weighted by Crippen LogP contribution is 2.34. The van der Waals surface area contributed by atoms with Gasteiger partial charge in [-0.1, -0.05) is 37.0 Å². The molecule has 0 aliphatic rings. The molecule has 0 saturated carbocycles. The summed E-state index contributed by atoms with van der Waals surface area (Å²) < 4.78 is 1.58. The summed E-state index contributed by atoms with van der Waals surface area (Å²) >= 11 is 12.1. The number of phenolic OH excluding ortho intramolecular Hbond substituents is 1. The molecule has 0 spiro atoms. The second-order valence-electron chi connectivity index (χ2n) is 4.95. The van der Waals surface area contributed by atoms with Gasteiger partial charge < -0.3 is 5.11 Å². The Kier molecular flexibility index (Phi) is 5.32. The van der Waals surface area contributed by atoms with E-state index in [9.17, 15) is 9.90 Å². The Bertz CT molecular complexity index is 755. The van der Waals surface area contributed by atoms with Crippen LogP contribution in [0.1, 0.15) is 26.6 Å². The summed E-state index contributed by atoms with van der Waals surface area (Å²) in [6.45, 7) is 8.67. The minimum Gasteiger partial charge on any atom is -0.504 e. The van der Waals surface area contributed by atoms with E-state index in [2.05, 4.69) is 9.88 Å². The summed E-state index contributed by atoms with van der Waals surface area (Å²) in [4.78, 5) is 19.3. The van der Waals surface area contributed by atoms with E-state index in [4.69, 9.17) is 23.2 Å². The highest BCUT2D eigenvalue weighted by Gasteiger charge is 2.18. The Hall–Kier alpha value is -1.30. The lowest BCUT2D eigenvalue weighted by Gasteiger charge is -2.20. The van der Waals surface area contributed by atoms with Crippen molar-refractivity contribution in [2.24, 2.45) is 0 Å². The minimum absolute atomic E-state index is 0.0902. The van der Waals surface area contributed by atoms with Gasteiger partial charge in [-0.15, -0.1) is 0 Å². The normalized spacial score (nSPS) is 11.5. The number of phenols is 1. The SMILES string of the molecule is CCN(CC)Cc1nc2c(O)c(Cl)cc(Cl)c2c(=O)n1CC. The lowest BCUT2D eigenvalue weighted by atomic mass is 10.2. The molecule has 0 fully saturated rings. The summed E-state index contributed by atoms with van der Waals surface area (Å²) in [5.74, 6) is 0.388. The van der Waals surface area contributed by atoms with Gasteiger partial charge in [0.2, 0.25) is 0 Å². The fourth-order valence-corrected chi connectivity index (χ4v) is 2.98. The molecule has 0 atom stereocenters. The monoisotopic (exact) mass is 343 g/mol. The molecule has 2 rings (SSSR count). The fourth-order valence-electron chi connectivity index (χ4n) is 2.44. The molecule has 1 aromatic heterocycles. The fraction of sp³-hybridized carbons (Fsp3) is 0.467. The molecule has 0 bridgehead atoms. The van der Waals surface area contributed by atoms with Crippen molar-refractivity contribution in [2.75, 3.05) is 13.1 Å². The maximum Gasteiger partial charge on any atom is 0.263 e. The zero-order valence-corrected chi connectivity index (χ0v) is 14.4. The first-order valence-corrected chi connectivity index (χ1v) is 8.02. The predicted molar refractivity (Wildman–Crippen MR) is 90.0 cm³/mol. The van der Waals surface area contributed by atoms with Crippen LogP contribution in [0.15, 0.2) is 10.9 Å². The Morgan fingerprint density at radius 3 is 2.41 bits per heavy atom. The van der Waals surface area contributed by atoms with Gasteiger partial charge in [-0.25, -0.2) is 4.98 Å². The third-order valence-electron chi connectivity index (χ3n) is 3.77. The number of aromatic nitrogens is 2. The number of fused-ring (bicyclic) bond motifs is 1. The van der Waals surface area contributed by atoms with Gasteiger partial charge in [0.15, 0.2) is 5.75 Å². The zero-order chi connectivity index (χ0) is 16.4. The van der Waals surface area contributed by atoms with Gasteiger partial charge in [-0.2, -0.15) is 0 Å². The Morgan fingerprint density at radius 2 is 1.86 bits per heavy atom. The largest absolute Gasteiger partial charge is 0.504 e. The molecular formula is C15H19Cl2N3O2. The average molecular weight is 344 g/mol. The van der Waals surface area contributed by atoms with Gasteiger partial charge >= 0.3 is 0 Å². The topological polar surface area (TPSA) is 58.4 Å². The first kappa shape index (κ1) is 17.1. The van der Waals surface area contributed by atoms with Crippen LogP contribution in [-0.4, -0.2) is 32.6 Å². The van der Waals surface area contributed by atoms with Crippen molar-refractivity contribution in [1.82, 2.24) is 14.5 Å². The number of hydrogen-bond acceptors (Lipinski definition) is 4. The van der Waals surface area contributed by atoms with Crippen LogP contribution < -0.4 is 5.56 Å². The predicted octanol–water partition coefficient (Wildman–Crippen LogP) is 3.27. The van der Waals surface area contributed by atoms with E-state index >= 15 is 0 Å². The van der Waals surface area contributed by atoms with Crippen LogP contribution in [0.4, 0.5) is 0 Å². The summed E-state index contributed by atoms with van der Waals surface area (Å²) in [6, 6.07) is 1.37. The number of rotatable bonds is 5. The van der Waals surface area contributed by atoms with E-state index in [1.807, 2.05) is 20.8 Å². The summed E-state index contributed by atoms with van der Waals surface area (Å²) in [5, 5.41) is 10.6. The Morgan fingerprint density at radius 1 is 1.23 bits per heavy atom. The van der Waals surface area contributed by atoms with E-state index < -0.39 is 0 Å². The molecular weight excluding hydrogens is 325 g/mol. The van der Waals surface area contributed by atoms with Crippen LogP contribution in [0.5, 0.6) is 5.75 Å². The molecule has 1 heterocycles. The molecule has 120 valence electrons. The van der Waals surface area contributed by atoms with E-state index in [0.717, 1.165) is 13.1 Å². The number of aromatic hydroxyl groups is 1. The summed E-state index contributed by atoms with van der Waals surface area (Å²) in [5.41, 5.74) is -0.0963. The Labute approximate surface area is 139 Å². The summed E-state index contributed by atoms with van der Waals surface area (Å²) in [6.07, 6.45) is 0. The molecule has 0 aliphatic carbocycles. The maximum absolute atomic E-state index is 12.7. The lowest BCUT2D eigenvalue weighted by molar-refractivity contribution is 0.282. The van der Waals surface area contributed by atoms with Crippen LogP contribution in [0.2, 0.25) is 10.0 Å². The van der Waals surface area contributed by atoms with Crippen LogP contribution in [0.3, 0.4) is 0 Å². The first-order chi connectivity index (χ1) is 10.4. The lowest BCUT2D eigenvalue weighted by Crippen LogP contribution is -2.30. The van der Waals surface area contributed by atoms with Crippen molar-refractivity contribution in [1.29, 1.82) is 0 Å². The van der Waals surface area contributed by atoms with Crippen LogP contribution in [-0.2, 0) is 13.1 Å². The van der Waals surface area contributed by atoms with Crippen molar-refractivity contribution >= 4 is 34.1 Å². The number of nitrogens with zero attached hydrogens (tertiary/aromatic N) is 3. The number of hydrogen-bond donors (Lipinski definition) is 1. The quantitative estimate of drug-likeness (QED) is 0.904. The third-order valence-corrected chi connectivity index (χ3v) is 4.35. The van der Waals surface area contributed by atoms with Gasteiger partial charge in [-0.3, -0.25) is 14.3 Å². The Balaban J connectivity index is 2.77. The number of benzene rings is 1. The van der Waals surface area contributed by atoms with Crippen LogP contribution in [0, 0.1) is 0 Å². The smallest absolute Gasteiger partial charge is 0.263 e. The molecule has 1 N–H and O–H groups in total. The van der Waals surface area contributed by atoms with Crippen molar-refractivity contribution in [3.8, 4) is 5.75 Å². The highest BCUT2D eigenvalue weighted by atomic mass is 35.5. The zero-order valence-electron chi connectivity index (χ0n) is 12.9. The minimum atomic E-state index is -0.258. The number of halogens is 2. The molecule has 0 radical (unpaired) electrons. The molecule has 1 aromatic carbocycles. The first-order valence-electron chi connectivity index (χ1n) is 7.27. The van der Waals surface area contributed by atoms with Crippen molar-refractivity contribution in [3.05, 3.63) is 32.3 Å². The molecule has 0 aliphatic heterocycles. The average Bonchev–Trinajstić information content (AvgIpc) is 2.49. The van der Waals surface area contributed by atoms with E-state index in [0.29, 0.717) is 18.9 Å². The molecule has 22 heavy (non-hydrogen) atoms. The molecule has 7 heteroatoms. The van der Waals surface area contributed by atoms with Gasteiger partial charge in [0.05, 0.1) is 22.0 Å². The molecule has 0 unspecified atom stereocenters. The second kappa shape index (κ2) is 6.86. The van der Waals surface area contributed by atoms with Gasteiger partial charge in [-0.05, 0) is 26.1 Å². The van der Waals surface area contributed by atoms with Gasteiger partial charge in [0.25, 0.3) is 5.56 Å². The molecule has 0 amide bonds. The van der Waals surface area contributed by atoms with Crippen molar-refractivity contribution in [2.45, 2.75) is 33.9 Å². The van der Waals surface area contributed by atoms with E-state index in [-0.39, 0.29) is 32.3 Å². The van der Waals surface area contributed by atoms with Crippen LogP contribution >= 0.6 is 23.2 Å². The molecule has 0 saturated heterocycles. The van der Waals surface area contributed by atoms with Gasteiger partial charge in [0.1, 0.15) is 11.3 Å². The van der Waals surface area contributed by atoms with Gasteiger partial charge in [0, 0.05) is 6.54 Å². The van der Waals surface area contributed by atoms with E-state index in [1.165, 1.54) is 6.07 Å². The maximum atomic E-state index is 12.7. The second-order valence-corrected chi connectivity index (χ2v) is 5.77. The molecule has 2 aromatic rings. The standard InChI is InChI=1S/C15H19Cl2N3O2/c1-4-19(5-2)8-11-18-13-12(15(22)20(11)6-3)9(16)7-10(17)14(13)21/h7,21H,4-6,8H2,1-3H3. The van der Waals surface area contributed by atoms with Crippen LogP contribution in [0.25, 0.3) is 10.9 Å². The van der Waals surface area contributed by atoms with Crippen molar-refractivity contribution in [3.63, 3.8) is 0 Å². The summed E-state index contributed by atoms with van der Waals surface area (Å²) in [7, 11) is 0. The molecule has 5 nitrogen and oxygen atoms in total.